The van der Waals surface area contributed by atoms with E-state index >= 15 is 0 Å². The molecule has 0 saturated carbocycles. The Balaban J connectivity index is 2.24. The van der Waals surface area contributed by atoms with E-state index in [1.54, 1.807) is 6.20 Å². The number of amides is 1. The molecule has 1 amide bonds. The number of nitrogens with one attached hydrogen (secondary N) is 1. The van der Waals surface area contributed by atoms with Gasteiger partial charge in [0.25, 0.3) is 0 Å². The van der Waals surface area contributed by atoms with Crippen LogP contribution in [0.2, 0.25) is 0 Å². The highest BCUT2D eigenvalue weighted by molar-refractivity contribution is 9.10. The number of rotatable bonds is 2. The summed E-state index contributed by atoms with van der Waals surface area (Å²) in [6.45, 7) is 1.41. The number of oxazole rings is 1. The number of halogens is 1. The van der Waals surface area contributed by atoms with Crippen molar-refractivity contribution in [2.75, 3.05) is 5.32 Å². The SMILES string of the molecule is CC(=O)Nc1ncc(-c2ccc(Br)cc2)o1. The minimum Gasteiger partial charge on any atom is -0.423 e. The van der Waals surface area contributed by atoms with Crippen molar-refractivity contribution >= 4 is 27.9 Å². The normalized spacial score (nSPS) is 10.1. The van der Waals surface area contributed by atoms with Gasteiger partial charge in [-0.05, 0) is 12.1 Å². The Morgan fingerprint density at radius 3 is 2.69 bits per heavy atom. The van der Waals surface area contributed by atoms with Crippen LogP contribution in [0.3, 0.4) is 0 Å². The van der Waals surface area contributed by atoms with Crippen LogP contribution >= 0.6 is 15.9 Å². The highest BCUT2D eigenvalue weighted by atomic mass is 79.9. The zero-order chi connectivity index (χ0) is 11.5. The minimum absolute atomic E-state index is 0.204. The third kappa shape index (κ3) is 2.49. The predicted octanol–water partition coefficient (Wildman–Crippen LogP) is 3.06. The molecule has 2 rings (SSSR count). The standard InChI is InChI=1S/C11H9BrN2O2/c1-7(15)14-11-13-6-10(16-11)8-2-4-9(12)5-3-8/h2-6H,1H3,(H,13,14,15). The monoisotopic (exact) mass is 280 g/mol. The molecule has 5 heteroatoms. The van der Waals surface area contributed by atoms with Crippen LogP contribution in [0.4, 0.5) is 6.01 Å². The molecule has 1 aromatic heterocycles. The Morgan fingerprint density at radius 2 is 2.06 bits per heavy atom. The van der Waals surface area contributed by atoms with Crippen LogP contribution in [0.25, 0.3) is 11.3 Å². The van der Waals surface area contributed by atoms with E-state index in [2.05, 4.69) is 26.2 Å². The molecule has 1 N–H and O–H groups in total. The Hall–Kier alpha value is -1.62. The van der Waals surface area contributed by atoms with Crippen molar-refractivity contribution in [1.82, 2.24) is 4.98 Å². The maximum atomic E-state index is 10.8. The summed E-state index contributed by atoms with van der Waals surface area (Å²) in [5.74, 6) is 0.417. The van der Waals surface area contributed by atoms with Gasteiger partial charge >= 0.3 is 6.01 Å². The molecule has 0 aliphatic rings. The summed E-state index contributed by atoms with van der Waals surface area (Å²) in [6.07, 6.45) is 1.58. The third-order valence-electron chi connectivity index (χ3n) is 1.92. The van der Waals surface area contributed by atoms with Crippen LogP contribution < -0.4 is 5.32 Å². The quantitative estimate of drug-likeness (QED) is 0.920. The molecule has 16 heavy (non-hydrogen) atoms. The molecule has 0 fully saturated rings. The van der Waals surface area contributed by atoms with Crippen molar-refractivity contribution in [2.24, 2.45) is 0 Å². The molecule has 1 heterocycles. The highest BCUT2D eigenvalue weighted by Crippen LogP contribution is 2.23. The summed E-state index contributed by atoms with van der Waals surface area (Å²) in [4.78, 5) is 14.7. The summed E-state index contributed by atoms with van der Waals surface area (Å²) in [5.41, 5.74) is 0.910. The Morgan fingerprint density at radius 1 is 1.38 bits per heavy atom. The number of hydrogen-bond donors (Lipinski definition) is 1. The van der Waals surface area contributed by atoms with Crippen molar-refractivity contribution in [1.29, 1.82) is 0 Å². The van der Waals surface area contributed by atoms with Crippen LogP contribution in [0, 0.1) is 0 Å². The molecule has 1 aromatic carbocycles. The average molecular weight is 281 g/mol. The van der Waals surface area contributed by atoms with E-state index < -0.39 is 0 Å². The predicted molar refractivity (Wildman–Crippen MR) is 63.9 cm³/mol. The lowest BCUT2D eigenvalue weighted by Crippen LogP contribution is -2.05. The second-order valence-corrected chi connectivity index (χ2v) is 4.13. The first-order chi connectivity index (χ1) is 7.65. The zero-order valence-electron chi connectivity index (χ0n) is 8.53. The van der Waals surface area contributed by atoms with E-state index in [1.165, 1.54) is 6.92 Å². The largest absolute Gasteiger partial charge is 0.423 e. The van der Waals surface area contributed by atoms with E-state index in [0.29, 0.717) is 5.76 Å². The van der Waals surface area contributed by atoms with Gasteiger partial charge in [0, 0.05) is 17.0 Å². The van der Waals surface area contributed by atoms with Crippen LogP contribution in [0.5, 0.6) is 0 Å². The van der Waals surface area contributed by atoms with Gasteiger partial charge in [0.2, 0.25) is 5.91 Å². The van der Waals surface area contributed by atoms with E-state index in [9.17, 15) is 4.79 Å². The van der Waals surface area contributed by atoms with Gasteiger partial charge in [-0.15, -0.1) is 0 Å². The van der Waals surface area contributed by atoms with Crippen molar-refractivity contribution in [3.63, 3.8) is 0 Å². The molecule has 0 radical (unpaired) electrons. The fraction of sp³-hybridized carbons (Fsp3) is 0.0909. The van der Waals surface area contributed by atoms with Crippen LogP contribution in [0.1, 0.15) is 6.92 Å². The second-order valence-electron chi connectivity index (χ2n) is 3.22. The van der Waals surface area contributed by atoms with Gasteiger partial charge in [-0.3, -0.25) is 10.1 Å². The molecular formula is C11H9BrN2O2. The van der Waals surface area contributed by atoms with Crippen molar-refractivity contribution in [2.45, 2.75) is 6.92 Å². The van der Waals surface area contributed by atoms with Gasteiger partial charge in [0.1, 0.15) is 0 Å². The molecule has 0 saturated heterocycles. The lowest BCUT2D eigenvalue weighted by atomic mass is 10.2. The van der Waals surface area contributed by atoms with Gasteiger partial charge in [-0.1, -0.05) is 28.1 Å². The van der Waals surface area contributed by atoms with Crippen LogP contribution in [-0.2, 0) is 4.79 Å². The van der Waals surface area contributed by atoms with Crippen molar-refractivity contribution in [3.05, 3.63) is 34.9 Å². The fourth-order valence-corrected chi connectivity index (χ4v) is 1.49. The van der Waals surface area contributed by atoms with Gasteiger partial charge in [0.15, 0.2) is 5.76 Å². The molecule has 0 aliphatic heterocycles. The first kappa shape index (κ1) is 10.9. The number of benzene rings is 1. The first-order valence-electron chi connectivity index (χ1n) is 4.64. The van der Waals surface area contributed by atoms with Crippen molar-refractivity contribution in [3.8, 4) is 11.3 Å². The maximum absolute atomic E-state index is 10.8. The summed E-state index contributed by atoms with van der Waals surface area (Å²) in [7, 11) is 0. The molecule has 82 valence electrons. The number of anilines is 1. The van der Waals surface area contributed by atoms with E-state index in [1.807, 2.05) is 24.3 Å². The van der Waals surface area contributed by atoms with Gasteiger partial charge in [0.05, 0.1) is 6.20 Å². The molecule has 4 nitrogen and oxygen atoms in total. The summed E-state index contributed by atoms with van der Waals surface area (Å²) >= 11 is 3.35. The molecule has 0 bridgehead atoms. The Kier molecular flexibility index (Phi) is 3.05. The molecule has 0 spiro atoms. The summed E-state index contributed by atoms with van der Waals surface area (Å²) in [5, 5.41) is 2.48. The van der Waals surface area contributed by atoms with Crippen LogP contribution in [-0.4, -0.2) is 10.9 Å². The summed E-state index contributed by atoms with van der Waals surface area (Å²) < 4.78 is 6.36. The smallest absolute Gasteiger partial charge is 0.301 e. The van der Waals surface area contributed by atoms with Gasteiger partial charge in [-0.25, -0.2) is 4.98 Å². The molecule has 0 atom stereocenters. The molecular weight excluding hydrogens is 272 g/mol. The van der Waals surface area contributed by atoms with Crippen LogP contribution in [0.15, 0.2) is 39.4 Å². The number of hydrogen-bond acceptors (Lipinski definition) is 3. The molecule has 0 aliphatic carbocycles. The number of carbonyl (C=O) groups is 1. The van der Waals surface area contributed by atoms with E-state index in [-0.39, 0.29) is 11.9 Å². The number of nitrogens with zero attached hydrogens (tertiary/aromatic N) is 1. The zero-order valence-corrected chi connectivity index (χ0v) is 10.1. The Bertz CT molecular complexity index is 505. The van der Waals surface area contributed by atoms with Crippen molar-refractivity contribution < 1.29 is 9.21 Å². The maximum Gasteiger partial charge on any atom is 0.301 e. The Labute approximate surface area is 101 Å². The topological polar surface area (TPSA) is 55.1 Å². The lowest BCUT2D eigenvalue weighted by Gasteiger charge is -1.96. The third-order valence-corrected chi connectivity index (χ3v) is 2.45. The first-order valence-corrected chi connectivity index (χ1v) is 5.44. The lowest BCUT2D eigenvalue weighted by molar-refractivity contribution is -0.114. The van der Waals surface area contributed by atoms with E-state index in [4.69, 9.17) is 4.42 Å². The second kappa shape index (κ2) is 4.49. The summed E-state index contributed by atoms with van der Waals surface area (Å²) in [6, 6.07) is 7.85. The minimum atomic E-state index is -0.204. The molecule has 0 unspecified atom stereocenters. The average Bonchev–Trinajstić information content (AvgIpc) is 2.66. The number of carbonyl (C=O) groups excluding carboxylic acids is 1. The van der Waals surface area contributed by atoms with E-state index in [0.717, 1.165) is 10.0 Å². The van der Waals surface area contributed by atoms with Gasteiger partial charge < -0.3 is 4.42 Å². The number of aromatic nitrogens is 1. The fourth-order valence-electron chi connectivity index (χ4n) is 1.23. The molecule has 2 aromatic rings. The highest BCUT2D eigenvalue weighted by Gasteiger charge is 2.06. The van der Waals surface area contributed by atoms with Gasteiger partial charge in [-0.2, -0.15) is 0 Å².